The first-order chi connectivity index (χ1) is 12.6. The number of hydrogen-bond acceptors (Lipinski definition) is 3. The number of rotatable bonds is 2. The maximum absolute atomic E-state index is 12.9. The number of carbonyl (C=O) groups is 1. The van der Waals surface area contributed by atoms with Gasteiger partial charge in [-0.3, -0.25) is 9.59 Å². The zero-order valence-corrected chi connectivity index (χ0v) is 15.4. The van der Waals surface area contributed by atoms with Gasteiger partial charge in [0.1, 0.15) is 6.54 Å². The first kappa shape index (κ1) is 17.3. The Hall–Kier alpha value is -2.14. The molecule has 0 bridgehead atoms. The molecule has 1 spiro atoms. The van der Waals surface area contributed by atoms with Gasteiger partial charge in [0, 0.05) is 43.4 Å². The molecule has 138 valence electrons. The van der Waals surface area contributed by atoms with E-state index < -0.39 is 0 Å². The van der Waals surface area contributed by atoms with Gasteiger partial charge in [0.2, 0.25) is 5.91 Å². The average molecular weight is 354 g/mol. The van der Waals surface area contributed by atoms with Crippen LogP contribution in [-0.2, 0) is 16.1 Å². The van der Waals surface area contributed by atoms with Crippen molar-refractivity contribution in [2.24, 2.45) is 5.41 Å². The van der Waals surface area contributed by atoms with Crippen molar-refractivity contribution in [1.29, 1.82) is 0 Å². The van der Waals surface area contributed by atoms with Gasteiger partial charge in [0.25, 0.3) is 0 Å². The molecular weight excluding hydrogens is 328 g/mol. The lowest BCUT2D eigenvalue weighted by Crippen LogP contribution is -2.46. The maximum Gasteiger partial charge on any atom is 0.242 e. The van der Waals surface area contributed by atoms with Crippen molar-refractivity contribution in [3.05, 3.63) is 46.2 Å². The van der Waals surface area contributed by atoms with Gasteiger partial charge in [-0.2, -0.15) is 0 Å². The van der Waals surface area contributed by atoms with Crippen molar-refractivity contribution in [3.8, 4) is 0 Å². The smallest absolute Gasteiger partial charge is 0.242 e. The van der Waals surface area contributed by atoms with Gasteiger partial charge in [0.15, 0.2) is 5.43 Å². The normalized spacial score (nSPS) is 19.8. The lowest BCUT2D eigenvalue weighted by atomic mass is 9.72. The van der Waals surface area contributed by atoms with Gasteiger partial charge < -0.3 is 14.2 Å². The molecule has 2 saturated heterocycles. The molecule has 26 heavy (non-hydrogen) atoms. The molecular formula is C21H26N2O3. The first-order valence-electron chi connectivity index (χ1n) is 9.53. The molecule has 5 nitrogen and oxygen atoms in total. The number of hydrogen-bond donors (Lipinski definition) is 0. The standard InChI is InChI=1S/C21H26N2O3/c1-16-14-19(24)17-4-2-3-5-18(17)23(16)15-20(25)22-10-6-21(7-11-22)8-12-26-13-9-21/h2-5,14H,6-13,15H2,1H3. The Bertz CT molecular complexity index is 870. The predicted octanol–water partition coefficient (Wildman–Crippen LogP) is 2.73. The third-order valence-corrected chi connectivity index (χ3v) is 6.25. The lowest BCUT2D eigenvalue weighted by molar-refractivity contribution is -0.135. The maximum atomic E-state index is 12.9. The third kappa shape index (κ3) is 3.16. The molecule has 0 saturated carbocycles. The summed E-state index contributed by atoms with van der Waals surface area (Å²) in [5, 5.41) is 0.672. The van der Waals surface area contributed by atoms with E-state index in [9.17, 15) is 9.59 Å². The fourth-order valence-corrected chi connectivity index (χ4v) is 4.43. The van der Waals surface area contributed by atoms with Crippen LogP contribution in [0.5, 0.6) is 0 Å². The van der Waals surface area contributed by atoms with Crippen LogP contribution in [0.1, 0.15) is 31.4 Å². The largest absolute Gasteiger partial charge is 0.381 e. The van der Waals surface area contributed by atoms with Crippen molar-refractivity contribution < 1.29 is 9.53 Å². The van der Waals surface area contributed by atoms with E-state index in [1.165, 1.54) is 0 Å². The summed E-state index contributed by atoms with van der Waals surface area (Å²) in [5.74, 6) is 0.142. The third-order valence-electron chi connectivity index (χ3n) is 6.25. The number of likely N-dealkylation sites (tertiary alicyclic amines) is 1. The SMILES string of the molecule is Cc1cc(=O)c2ccccc2n1CC(=O)N1CCC2(CCOCC2)CC1. The molecule has 0 N–H and O–H groups in total. The van der Waals surface area contributed by atoms with Crippen LogP contribution in [0, 0.1) is 12.3 Å². The molecule has 3 heterocycles. The Morgan fingerprint density at radius 3 is 2.54 bits per heavy atom. The highest BCUT2D eigenvalue weighted by atomic mass is 16.5. The van der Waals surface area contributed by atoms with Crippen LogP contribution in [-0.4, -0.2) is 41.7 Å². The van der Waals surface area contributed by atoms with E-state index in [2.05, 4.69) is 0 Å². The Morgan fingerprint density at radius 1 is 1.12 bits per heavy atom. The molecule has 0 radical (unpaired) electrons. The fourth-order valence-electron chi connectivity index (χ4n) is 4.43. The lowest BCUT2D eigenvalue weighted by Gasteiger charge is -2.44. The van der Waals surface area contributed by atoms with Crippen LogP contribution < -0.4 is 5.43 Å². The number of nitrogens with zero attached hydrogens (tertiary/aromatic N) is 2. The van der Waals surface area contributed by atoms with Gasteiger partial charge in [-0.1, -0.05) is 12.1 Å². The Morgan fingerprint density at radius 2 is 1.81 bits per heavy atom. The average Bonchev–Trinajstić information content (AvgIpc) is 2.66. The number of aryl methyl sites for hydroxylation is 1. The van der Waals surface area contributed by atoms with E-state index >= 15 is 0 Å². The predicted molar refractivity (Wildman–Crippen MR) is 101 cm³/mol. The minimum atomic E-state index is 0.0150. The molecule has 1 aromatic carbocycles. The monoisotopic (exact) mass is 354 g/mol. The van der Waals surface area contributed by atoms with Crippen LogP contribution in [0.4, 0.5) is 0 Å². The van der Waals surface area contributed by atoms with Gasteiger partial charge in [0.05, 0.1) is 5.52 Å². The van der Waals surface area contributed by atoms with E-state index in [-0.39, 0.29) is 11.3 Å². The molecule has 2 aromatic rings. The van der Waals surface area contributed by atoms with E-state index in [1.807, 2.05) is 40.7 Å². The Kier molecular flexibility index (Phi) is 4.57. The molecule has 2 aliphatic rings. The minimum absolute atomic E-state index is 0.0150. The van der Waals surface area contributed by atoms with Crippen LogP contribution in [0.3, 0.4) is 0 Å². The van der Waals surface area contributed by atoms with Crippen molar-refractivity contribution in [1.82, 2.24) is 9.47 Å². The quantitative estimate of drug-likeness (QED) is 0.833. The highest BCUT2D eigenvalue weighted by Crippen LogP contribution is 2.40. The number of para-hydroxylation sites is 1. The summed E-state index contributed by atoms with van der Waals surface area (Å²) >= 11 is 0. The van der Waals surface area contributed by atoms with Crippen LogP contribution in [0.25, 0.3) is 10.9 Å². The second kappa shape index (κ2) is 6.88. The summed E-state index contributed by atoms with van der Waals surface area (Å²) in [5.41, 5.74) is 2.07. The highest BCUT2D eigenvalue weighted by Gasteiger charge is 2.37. The van der Waals surface area contributed by atoms with Gasteiger partial charge in [-0.05, 0) is 50.2 Å². The molecule has 1 amide bonds. The zero-order valence-electron chi connectivity index (χ0n) is 15.4. The zero-order chi connectivity index (χ0) is 18.1. The van der Waals surface area contributed by atoms with Gasteiger partial charge in [-0.25, -0.2) is 0 Å². The number of ether oxygens (including phenoxy) is 1. The van der Waals surface area contributed by atoms with Gasteiger partial charge in [-0.15, -0.1) is 0 Å². The van der Waals surface area contributed by atoms with E-state index in [4.69, 9.17) is 4.74 Å². The fraction of sp³-hybridized carbons (Fsp3) is 0.524. The number of fused-ring (bicyclic) bond motifs is 1. The number of aromatic nitrogens is 1. The summed E-state index contributed by atoms with van der Waals surface area (Å²) in [4.78, 5) is 27.1. The van der Waals surface area contributed by atoms with Gasteiger partial charge >= 0.3 is 0 Å². The molecule has 4 rings (SSSR count). The molecule has 0 atom stereocenters. The Balaban J connectivity index is 1.51. The summed E-state index contributed by atoms with van der Waals surface area (Å²) in [6.07, 6.45) is 4.40. The summed E-state index contributed by atoms with van der Waals surface area (Å²) in [6, 6.07) is 9.15. The minimum Gasteiger partial charge on any atom is -0.381 e. The summed E-state index contributed by atoms with van der Waals surface area (Å²) in [6.45, 7) is 5.57. The van der Waals surface area contributed by atoms with Crippen molar-refractivity contribution in [2.45, 2.75) is 39.2 Å². The number of amides is 1. The highest BCUT2D eigenvalue weighted by molar-refractivity contribution is 5.82. The number of piperidine rings is 1. The Labute approximate surface area is 153 Å². The molecule has 2 aliphatic heterocycles. The number of carbonyl (C=O) groups excluding carboxylic acids is 1. The van der Waals surface area contributed by atoms with E-state index in [1.54, 1.807) is 6.07 Å². The van der Waals surface area contributed by atoms with Crippen molar-refractivity contribution in [2.75, 3.05) is 26.3 Å². The molecule has 0 aliphatic carbocycles. The van der Waals surface area contributed by atoms with Crippen molar-refractivity contribution in [3.63, 3.8) is 0 Å². The second-order valence-electron chi connectivity index (χ2n) is 7.75. The van der Waals surface area contributed by atoms with E-state index in [0.717, 1.165) is 63.2 Å². The summed E-state index contributed by atoms with van der Waals surface area (Å²) < 4.78 is 7.47. The molecule has 1 aromatic heterocycles. The second-order valence-corrected chi connectivity index (χ2v) is 7.75. The van der Waals surface area contributed by atoms with Crippen LogP contribution in [0.15, 0.2) is 35.1 Å². The van der Waals surface area contributed by atoms with Crippen LogP contribution >= 0.6 is 0 Å². The van der Waals surface area contributed by atoms with E-state index in [0.29, 0.717) is 17.3 Å². The molecule has 0 unspecified atom stereocenters. The van der Waals surface area contributed by atoms with Crippen molar-refractivity contribution >= 4 is 16.8 Å². The topological polar surface area (TPSA) is 51.5 Å². The number of pyridine rings is 1. The molecule has 5 heteroatoms. The van der Waals surface area contributed by atoms with Crippen LogP contribution in [0.2, 0.25) is 0 Å². The number of benzene rings is 1. The molecule has 2 fully saturated rings. The first-order valence-corrected chi connectivity index (χ1v) is 9.53. The summed E-state index contributed by atoms with van der Waals surface area (Å²) in [7, 11) is 0.